The Balaban J connectivity index is 1.47. The Bertz CT molecular complexity index is 1220. The first-order valence-corrected chi connectivity index (χ1v) is 10.5. The molecule has 1 aromatic heterocycles. The molecular weight excluding hydrogens is 390 g/mol. The third-order valence-corrected chi connectivity index (χ3v) is 7.31. The third-order valence-electron chi connectivity index (χ3n) is 5.80. The van der Waals surface area contributed by atoms with Crippen LogP contribution in [0, 0.1) is 0 Å². The molecule has 1 amide bonds. The van der Waals surface area contributed by atoms with Gasteiger partial charge in [0.05, 0.1) is 4.87 Å². The van der Waals surface area contributed by atoms with Gasteiger partial charge in [0.1, 0.15) is 18.2 Å². The number of hydrogen-bond donors (Lipinski definition) is 0. The molecule has 2 aliphatic heterocycles. The summed E-state index contributed by atoms with van der Waals surface area (Å²) in [5.41, 5.74) is 0.570. The van der Waals surface area contributed by atoms with Gasteiger partial charge < -0.3 is 14.1 Å². The highest BCUT2D eigenvalue weighted by Crippen LogP contribution is 2.47. The summed E-state index contributed by atoms with van der Waals surface area (Å²) in [6, 6.07) is 12.2. The number of hydrogen-bond acceptors (Lipinski definition) is 6. The maximum atomic E-state index is 12.8. The van der Waals surface area contributed by atoms with Crippen LogP contribution in [-0.4, -0.2) is 33.4 Å². The van der Waals surface area contributed by atoms with Crippen molar-refractivity contribution in [3.8, 4) is 0 Å². The molecule has 0 spiro atoms. The largest absolute Gasteiger partial charge is 0.459 e. The van der Waals surface area contributed by atoms with Crippen LogP contribution in [0.25, 0.3) is 21.7 Å². The van der Waals surface area contributed by atoms with Gasteiger partial charge in [0.25, 0.3) is 0 Å². The van der Waals surface area contributed by atoms with Crippen LogP contribution in [0.4, 0.5) is 0 Å². The highest BCUT2D eigenvalue weighted by atomic mass is 32.2. The number of benzene rings is 2. The van der Waals surface area contributed by atoms with Gasteiger partial charge in [0.2, 0.25) is 5.91 Å². The van der Waals surface area contributed by atoms with Crippen LogP contribution < -0.4 is 5.63 Å². The zero-order valence-corrected chi connectivity index (χ0v) is 16.7. The van der Waals surface area contributed by atoms with Crippen molar-refractivity contribution in [2.45, 2.75) is 37.3 Å². The summed E-state index contributed by atoms with van der Waals surface area (Å²) in [6.07, 6.45) is 1.21. The number of nitrogens with zero attached hydrogens (tertiary/aromatic N) is 1. The zero-order chi connectivity index (χ0) is 20.2. The molecule has 2 aromatic carbocycles. The van der Waals surface area contributed by atoms with Crippen molar-refractivity contribution in [2.75, 3.05) is 5.75 Å². The van der Waals surface area contributed by atoms with E-state index in [1.807, 2.05) is 37.3 Å². The molecule has 148 valence electrons. The molecule has 0 N–H and O–H groups in total. The molecular formula is C22H19NO5S. The monoisotopic (exact) mass is 409 g/mol. The Morgan fingerprint density at radius 2 is 2.10 bits per heavy atom. The molecule has 0 aliphatic carbocycles. The number of rotatable bonds is 3. The number of carbonyl (C=O) groups excluding carboxylic acids is 2. The Morgan fingerprint density at radius 3 is 2.97 bits per heavy atom. The minimum Gasteiger partial charge on any atom is -0.459 e. The van der Waals surface area contributed by atoms with Crippen LogP contribution in [-0.2, 0) is 20.9 Å². The molecule has 3 aromatic rings. The van der Waals surface area contributed by atoms with E-state index in [1.165, 1.54) is 6.07 Å². The van der Waals surface area contributed by atoms with Crippen molar-refractivity contribution in [3.05, 3.63) is 58.4 Å². The number of esters is 1. The normalized spacial score (nSPS) is 23.7. The molecule has 0 unspecified atom stereocenters. The first-order chi connectivity index (χ1) is 14.0. The predicted molar refractivity (Wildman–Crippen MR) is 111 cm³/mol. The van der Waals surface area contributed by atoms with E-state index in [-0.39, 0.29) is 17.4 Å². The van der Waals surface area contributed by atoms with E-state index in [0.717, 1.165) is 22.6 Å². The molecule has 29 heavy (non-hydrogen) atoms. The summed E-state index contributed by atoms with van der Waals surface area (Å²) in [4.78, 5) is 38.4. The lowest BCUT2D eigenvalue weighted by atomic mass is 10.0. The number of amides is 1. The predicted octanol–water partition coefficient (Wildman–Crippen LogP) is 3.44. The maximum Gasteiger partial charge on any atom is 0.336 e. The zero-order valence-electron chi connectivity index (χ0n) is 15.8. The smallest absolute Gasteiger partial charge is 0.336 e. The van der Waals surface area contributed by atoms with Crippen molar-refractivity contribution < 1.29 is 18.7 Å². The van der Waals surface area contributed by atoms with E-state index in [1.54, 1.807) is 22.7 Å². The van der Waals surface area contributed by atoms with Gasteiger partial charge in [-0.1, -0.05) is 30.3 Å². The summed E-state index contributed by atoms with van der Waals surface area (Å²) in [5.74, 6) is 0.0937. The fourth-order valence-corrected chi connectivity index (χ4v) is 5.79. The molecule has 2 aliphatic rings. The van der Waals surface area contributed by atoms with E-state index in [0.29, 0.717) is 23.3 Å². The van der Waals surface area contributed by atoms with Crippen LogP contribution in [0.15, 0.2) is 51.7 Å². The summed E-state index contributed by atoms with van der Waals surface area (Å²) < 4.78 is 10.9. The minimum atomic E-state index is -0.580. The molecule has 5 rings (SSSR count). The maximum absolute atomic E-state index is 12.8. The number of fused-ring (bicyclic) bond motifs is 4. The van der Waals surface area contributed by atoms with Crippen molar-refractivity contribution >= 4 is 45.4 Å². The second kappa shape index (κ2) is 6.62. The molecule has 2 fully saturated rings. The van der Waals surface area contributed by atoms with Crippen LogP contribution in [0.5, 0.6) is 0 Å². The minimum absolute atomic E-state index is 0.00347. The third kappa shape index (κ3) is 2.92. The fraction of sp³-hybridized carbons (Fsp3) is 0.318. The van der Waals surface area contributed by atoms with Gasteiger partial charge in [0.15, 0.2) is 0 Å². The van der Waals surface area contributed by atoms with Crippen LogP contribution in [0.1, 0.15) is 25.3 Å². The average Bonchev–Trinajstić information content (AvgIpc) is 3.21. The second-order valence-corrected chi connectivity index (χ2v) is 9.13. The number of ether oxygens (including phenoxy) is 1. The molecule has 2 atom stereocenters. The van der Waals surface area contributed by atoms with Crippen molar-refractivity contribution in [1.82, 2.24) is 4.90 Å². The lowest BCUT2D eigenvalue weighted by Gasteiger charge is -2.29. The van der Waals surface area contributed by atoms with Crippen molar-refractivity contribution in [2.24, 2.45) is 0 Å². The summed E-state index contributed by atoms with van der Waals surface area (Å²) in [7, 11) is 0. The van der Waals surface area contributed by atoms with Crippen LogP contribution in [0.3, 0.4) is 0 Å². The second-order valence-electron chi connectivity index (χ2n) is 7.62. The summed E-state index contributed by atoms with van der Waals surface area (Å²) in [5, 5.41) is 2.70. The van der Waals surface area contributed by atoms with Crippen LogP contribution in [0.2, 0.25) is 0 Å². The topological polar surface area (TPSA) is 76.8 Å². The first kappa shape index (κ1) is 18.2. The quantitative estimate of drug-likeness (QED) is 0.375. The standard InChI is InChI=1S/C22H19NO5S/c1-22-9-8-18(24)23(22)16(12-29-22)21(26)27-11-14-10-19(25)28-17-7-6-13-4-2-3-5-15(13)20(14)17/h2-7,10,16H,8-9,11-12H2,1H3/t16-,22-/m1/s1. The van der Waals surface area contributed by atoms with Gasteiger partial charge in [-0.25, -0.2) is 9.59 Å². The van der Waals surface area contributed by atoms with Crippen molar-refractivity contribution in [3.63, 3.8) is 0 Å². The SMILES string of the molecule is C[C@@]12CCC(=O)N1[C@@H](C(=O)OCc1cc(=O)oc3ccc4ccccc4c13)CS2. The molecule has 3 heterocycles. The average molecular weight is 409 g/mol. The molecule has 6 nitrogen and oxygen atoms in total. The Hall–Kier alpha value is -2.80. The van der Waals surface area contributed by atoms with Gasteiger partial charge in [-0.2, -0.15) is 0 Å². The lowest BCUT2D eigenvalue weighted by molar-refractivity contribution is -0.154. The first-order valence-electron chi connectivity index (χ1n) is 9.53. The lowest BCUT2D eigenvalue weighted by Crippen LogP contribution is -2.46. The fourth-order valence-electron chi connectivity index (χ4n) is 4.37. The van der Waals surface area contributed by atoms with Crippen molar-refractivity contribution in [1.29, 1.82) is 0 Å². The van der Waals surface area contributed by atoms with Gasteiger partial charge in [-0.05, 0) is 30.2 Å². The Kier molecular flexibility index (Phi) is 4.17. The number of thioether (sulfide) groups is 1. The van der Waals surface area contributed by atoms with E-state index in [4.69, 9.17) is 9.15 Å². The van der Waals surface area contributed by atoms with Gasteiger partial charge in [-0.3, -0.25) is 4.79 Å². The number of carbonyl (C=O) groups is 2. The van der Waals surface area contributed by atoms with Gasteiger partial charge >= 0.3 is 11.6 Å². The van der Waals surface area contributed by atoms with E-state index in [2.05, 4.69) is 0 Å². The molecule has 0 radical (unpaired) electrons. The van der Waals surface area contributed by atoms with E-state index >= 15 is 0 Å². The molecule has 2 saturated heterocycles. The van der Waals surface area contributed by atoms with Gasteiger partial charge in [0, 0.05) is 29.2 Å². The highest BCUT2D eigenvalue weighted by molar-refractivity contribution is 8.01. The molecule has 0 saturated carbocycles. The summed E-state index contributed by atoms with van der Waals surface area (Å²) in [6.45, 7) is 1.95. The highest BCUT2D eigenvalue weighted by Gasteiger charge is 2.53. The van der Waals surface area contributed by atoms with E-state index in [9.17, 15) is 14.4 Å². The van der Waals surface area contributed by atoms with Crippen LogP contribution >= 0.6 is 11.8 Å². The Labute approximate surface area is 170 Å². The summed E-state index contributed by atoms with van der Waals surface area (Å²) >= 11 is 1.62. The van der Waals surface area contributed by atoms with Gasteiger partial charge in [-0.15, -0.1) is 11.8 Å². The Morgan fingerprint density at radius 1 is 1.28 bits per heavy atom. The van der Waals surface area contributed by atoms with E-state index < -0.39 is 17.6 Å². The molecule has 0 bridgehead atoms. The molecule has 7 heteroatoms.